The van der Waals surface area contributed by atoms with E-state index in [9.17, 15) is 0 Å². The monoisotopic (exact) mass is 187 g/mol. The largest absolute Gasteiger partial charge is 0.380 e. The number of benzene rings is 1. The van der Waals surface area contributed by atoms with Gasteiger partial charge >= 0.3 is 0 Å². The summed E-state index contributed by atoms with van der Waals surface area (Å²) in [6, 6.07) is 8.52. The number of ether oxygens (including phenoxy) is 1. The number of nitriles is 1. The molecule has 1 aliphatic rings. The Morgan fingerprint density at radius 1 is 1.57 bits per heavy atom. The highest BCUT2D eigenvalue weighted by Crippen LogP contribution is 2.34. The summed E-state index contributed by atoms with van der Waals surface area (Å²) in [6.45, 7) is 0.654. The minimum Gasteiger partial charge on any atom is -0.380 e. The lowest BCUT2D eigenvalue weighted by Crippen LogP contribution is -1.95. The first-order valence-electron chi connectivity index (χ1n) is 4.86. The summed E-state index contributed by atoms with van der Waals surface area (Å²) >= 11 is 0. The Balaban J connectivity index is 2.40. The van der Waals surface area contributed by atoms with Crippen molar-refractivity contribution in [3.05, 3.63) is 34.9 Å². The van der Waals surface area contributed by atoms with E-state index in [1.165, 1.54) is 16.7 Å². The zero-order valence-electron chi connectivity index (χ0n) is 8.29. The predicted molar refractivity (Wildman–Crippen MR) is 53.8 cm³/mol. The maximum Gasteiger partial charge on any atom is 0.0718 e. The molecule has 0 bridgehead atoms. The molecule has 0 fully saturated rings. The van der Waals surface area contributed by atoms with Crippen molar-refractivity contribution in [2.75, 3.05) is 7.11 Å². The van der Waals surface area contributed by atoms with Crippen LogP contribution in [-0.2, 0) is 17.8 Å². The Morgan fingerprint density at radius 2 is 2.43 bits per heavy atom. The van der Waals surface area contributed by atoms with Crippen LogP contribution < -0.4 is 0 Å². The smallest absolute Gasteiger partial charge is 0.0718 e. The molecule has 2 heteroatoms. The van der Waals surface area contributed by atoms with E-state index < -0.39 is 0 Å². The molecule has 2 rings (SSSR count). The van der Waals surface area contributed by atoms with Gasteiger partial charge in [-0.3, -0.25) is 0 Å². The quantitative estimate of drug-likeness (QED) is 0.712. The lowest BCUT2D eigenvalue weighted by Gasteiger charge is -2.07. The number of nitrogens with zero attached hydrogens (tertiary/aromatic N) is 1. The van der Waals surface area contributed by atoms with Gasteiger partial charge < -0.3 is 4.74 Å². The van der Waals surface area contributed by atoms with Crippen LogP contribution in [0.5, 0.6) is 0 Å². The van der Waals surface area contributed by atoms with Gasteiger partial charge in [0.05, 0.1) is 18.6 Å². The normalized spacial score (nSPS) is 19.0. The molecule has 0 N–H and O–H groups in total. The van der Waals surface area contributed by atoms with E-state index in [4.69, 9.17) is 10.00 Å². The zero-order valence-corrected chi connectivity index (χ0v) is 8.29. The predicted octanol–water partition coefficient (Wildman–Crippen LogP) is 2.39. The maximum absolute atomic E-state index is 8.95. The van der Waals surface area contributed by atoms with Crippen molar-refractivity contribution in [2.45, 2.75) is 25.4 Å². The lowest BCUT2D eigenvalue weighted by atomic mass is 10.00. The van der Waals surface area contributed by atoms with Gasteiger partial charge in [0.1, 0.15) is 0 Å². The first kappa shape index (κ1) is 9.23. The summed E-state index contributed by atoms with van der Waals surface area (Å²) in [5.41, 5.74) is 3.78. The fourth-order valence-corrected chi connectivity index (χ4v) is 2.15. The molecule has 0 saturated carbocycles. The van der Waals surface area contributed by atoms with Crippen LogP contribution in [0.25, 0.3) is 0 Å². The Morgan fingerprint density at radius 3 is 3.14 bits per heavy atom. The molecule has 1 aromatic rings. The van der Waals surface area contributed by atoms with Gasteiger partial charge in [-0.05, 0) is 29.5 Å². The first-order valence-corrected chi connectivity index (χ1v) is 4.86. The van der Waals surface area contributed by atoms with Crippen molar-refractivity contribution >= 4 is 0 Å². The molecular weight excluding hydrogens is 174 g/mol. The number of fused-ring (bicyclic) bond motifs is 1. The molecule has 0 amide bonds. The summed E-state index contributed by atoms with van der Waals surface area (Å²) in [7, 11) is 1.70. The molecule has 0 unspecified atom stereocenters. The van der Waals surface area contributed by atoms with Crippen LogP contribution in [0, 0.1) is 11.3 Å². The van der Waals surface area contributed by atoms with E-state index in [2.05, 4.69) is 18.2 Å². The molecule has 72 valence electrons. The summed E-state index contributed by atoms with van der Waals surface area (Å²) < 4.78 is 5.14. The average molecular weight is 187 g/mol. The van der Waals surface area contributed by atoms with Crippen LogP contribution in [0.15, 0.2) is 18.2 Å². The Kier molecular flexibility index (Phi) is 2.51. The van der Waals surface area contributed by atoms with Crippen LogP contribution >= 0.6 is 0 Å². The van der Waals surface area contributed by atoms with Gasteiger partial charge in [0.25, 0.3) is 0 Å². The SMILES string of the molecule is COCc1cccc2c1CC[C@@H]2C#N. The van der Waals surface area contributed by atoms with Gasteiger partial charge in [-0.15, -0.1) is 0 Å². The van der Waals surface area contributed by atoms with Crippen molar-refractivity contribution in [3.8, 4) is 6.07 Å². The van der Waals surface area contributed by atoms with Crippen molar-refractivity contribution in [1.29, 1.82) is 5.26 Å². The molecule has 0 heterocycles. The minimum atomic E-state index is 0.0989. The van der Waals surface area contributed by atoms with Crippen molar-refractivity contribution in [1.82, 2.24) is 0 Å². The van der Waals surface area contributed by atoms with Gasteiger partial charge in [0.15, 0.2) is 0 Å². The number of methoxy groups -OCH3 is 1. The maximum atomic E-state index is 8.95. The first-order chi connectivity index (χ1) is 6.86. The van der Waals surface area contributed by atoms with E-state index in [-0.39, 0.29) is 5.92 Å². The highest BCUT2D eigenvalue weighted by atomic mass is 16.5. The zero-order chi connectivity index (χ0) is 9.97. The van der Waals surface area contributed by atoms with Crippen LogP contribution in [0.2, 0.25) is 0 Å². The van der Waals surface area contributed by atoms with E-state index in [1.54, 1.807) is 7.11 Å². The van der Waals surface area contributed by atoms with Crippen LogP contribution in [-0.4, -0.2) is 7.11 Å². The van der Waals surface area contributed by atoms with E-state index in [1.807, 2.05) is 6.07 Å². The van der Waals surface area contributed by atoms with Crippen molar-refractivity contribution in [2.24, 2.45) is 0 Å². The second-order valence-corrected chi connectivity index (χ2v) is 3.64. The third-order valence-electron chi connectivity index (χ3n) is 2.82. The van der Waals surface area contributed by atoms with Gasteiger partial charge in [-0.25, -0.2) is 0 Å². The standard InChI is InChI=1S/C12H13NO/c1-14-8-10-3-2-4-11-9(7-13)5-6-12(10)11/h2-4,9H,5-6,8H2,1H3/t9-/m1/s1. The second kappa shape index (κ2) is 3.81. The van der Waals surface area contributed by atoms with Crippen molar-refractivity contribution in [3.63, 3.8) is 0 Å². The Hall–Kier alpha value is -1.33. The summed E-state index contributed by atoms with van der Waals surface area (Å²) in [5.74, 6) is 0.0989. The molecule has 0 aromatic heterocycles. The molecule has 0 aliphatic heterocycles. The Bertz CT molecular complexity index is 378. The summed E-state index contributed by atoms with van der Waals surface area (Å²) in [5, 5.41) is 8.95. The summed E-state index contributed by atoms with van der Waals surface area (Å²) in [4.78, 5) is 0. The van der Waals surface area contributed by atoms with E-state index in [0.717, 1.165) is 12.8 Å². The molecule has 1 aliphatic carbocycles. The number of hydrogen-bond donors (Lipinski definition) is 0. The van der Waals surface area contributed by atoms with Gasteiger partial charge in [0, 0.05) is 7.11 Å². The lowest BCUT2D eigenvalue weighted by molar-refractivity contribution is 0.184. The van der Waals surface area contributed by atoms with Crippen molar-refractivity contribution < 1.29 is 4.74 Å². The average Bonchev–Trinajstić information content (AvgIpc) is 2.62. The molecule has 0 saturated heterocycles. The van der Waals surface area contributed by atoms with Gasteiger partial charge in [-0.2, -0.15) is 5.26 Å². The summed E-state index contributed by atoms with van der Waals surface area (Å²) in [6.07, 6.45) is 1.99. The second-order valence-electron chi connectivity index (χ2n) is 3.64. The third-order valence-corrected chi connectivity index (χ3v) is 2.82. The topological polar surface area (TPSA) is 33.0 Å². The Labute approximate surface area is 84.1 Å². The fraction of sp³-hybridized carbons (Fsp3) is 0.417. The number of hydrogen-bond acceptors (Lipinski definition) is 2. The van der Waals surface area contributed by atoms with Gasteiger partial charge in [-0.1, -0.05) is 18.2 Å². The molecular formula is C12H13NO. The van der Waals surface area contributed by atoms with Crippen LogP contribution in [0.4, 0.5) is 0 Å². The molecule has 1 aromatic carbocycles. The van der Waals surface area contributed by atoms with Gasteiger partial charge in [0.2, 0.25) is 0 Å². The number of rotatable bonds is 2. The molecule has 1 atom stereocenters. The minimum absolute atomic E-state index is 0.0989. The van der Waals surface area contributed by atoms with Crippen LogP contribution in [0.1, 0.15) is 29.0 Å². The molecule has 2 nitrogen and oxygen atoms in total. The highest BCUT2D eigenvalue weighted by molar-refractivity contribution is 5.43. The fourth-order valence-electron chi connectivity index (χ4n) is 2.15. The molecule has 0 spiro atoms. The molecule has 14 heavy (non-hydrogen) atoms. The molecule has 0 radical (unpaired) electrons. The van der Waals surface area contributed by atoms with E-state index in [0.29, 0.717) is 6.61 Å². The highest BCUT2D eigenvalue weighted by Gasteiger charge is 2.23. The van der Waals surface area contributed by atoms with Crippen LogP contribution in [0.3, 0.4) is 0 Å². The third kappa shape index (κ3) is 1.40. The van der Waals surface area contributed by atoms with E-state index >= 15 is 0 Å².